The van der Waals surface area contributed by atoms with Gasteiger partial charge >= 0.3 is 0 Å². The van der Waals surface area contributed by atoms with Gasteiger partial charge in [-0.25, -0.2) is 8.42 Å². The Balaban J connectivity index is 1.96. The van der Waals surface area contributed by atoms with Crippen molar-refractivity contribution in [3.05, 3.63) is 77.3 Å². The van der Waals surface area contributed by atoms with E-state index in [0.29, 0.717) is 33.5 Å². The number of ether oxygens (including phenoxy) is 2. The second-order valence-corrected chi connectivity index (χ2v) is 9.17. The second kappa shape index (κ2) is 9.93. The molecule has 0 aliphatic carbocycles. The van der Waals surface area contributed by atoms with Crippen molar-refractivity contribution in [2.75, 3.05) is 30.4 Å². The van der Waals surface area contributed by atoms with Gasteiger partial charge < -0.3 is 14.8 Å². The van der Waals surface area contributed by atoms with E-state index in [-0.39, 0.29) is 4.90 Å². The SMILES string of the molecule is COc1ccc(NC(=O)CN(c2ccccc2C)S(=O)(=O)c2ccc(Cl)cc2)c(OC)c1. The fraction of sp³-hybridized carbons (Fsp3) is 0.174. The van der Waals surface area contributed by atoms with Crippen LogP contribution in [0.2, 0.25) is 5.02 Å². The zero-order valence-corrected chi connectivity index (χ0v) is 19.4. The van der Waals surface area contributed by atoms with Gasteiger partial charge in [0.15, 0.2) is 0 Å². The third kappa shape index (κ3) is 5.15. The van der Waals surface area contributed by atoms with Gasteiger partial charge in [-0.05, 0) is 55.0 Å². The highest BCUT2D eigenvalue weighted by Gasteiger charge is 2.28. The molecule has 0 heterocycles. The van der Waals surface area contributed by atoms with Crippen molar-refractivity contribution >= 4 is 38.9 Å². The minimum atomic E-state index is -4.04. The van der Waals surface area contributed by atoms with E-state index >= 15 is 0 Å². The topological polar surface area (TPSA) is 84.9 Å². The lowest BCUT2D eigenvalue weighted by Crippen LogP contribution is -2.38. The molecule has 0 unspecified atom stereocenters. The smallest absolute Gasteiger partial charge is 0.264 e. The Morgan fingerprint density at radius 2 is 1.69 bits per heavy atom. The highest BCUT2D eigenvalue weighted by Crippen LogP contribution is 2.30. The fourth-order valence-corrected chi connectivity index (χ4v) is 4.71. The van der Waals surface area contributed by atoms with Crippen molar-refractivity contribution in [2.45, 2.75) is 11.8 Å². The first-order valence-corrected chi connectivity index (χ1v) is 11.4. The molecular formula is C23H23ClN2O5S. The van der Waals surface area contributed by atoms with Crippen LogP contribution in [-0.2, 0) is 14.8 Å². The van der Waals surface area contributed by atoms with E-state index in [1.807, 2.05) is 0 Å². The average Bonchev–Trinajstić information content (AvgIpc) is 2.78. The van der Waals surface area contributed by atoms with Crippen molar-refractivity contribution in [1.82, 2.24) is 0 Å². The summed E-state index contributed by atoms with van der Waals surface area (Å²) in [6.07, 6.45) is 0. The number of sulfonamides is 1. The van der Waals surface area contributed by atoms with Gasteiger partial charge in [0.05, 0.1) is 30.5 Å². The van der Waals surface area contributed by atoms with Gasteiger partial charge in [0.1, 0.15) is 18.0 Å². The number of nitrogens with one attached hydrogen (secondary N) is 1. The van der Waals surface area contributed by atoms with Crippen LogP contribution in [0.3, 0.4) is 0 Å². The third-order valence-corrected chi connectivity index (χ3v) is 6.78. The molecule has 0 fully saturated rings. The van der Waals surface area contributed by atoms with E-state index in [0.717, 1.165) is 4.31 Å². The molecule has 9 heteroatoms. The molecule has 0 atom stereocenters. The fourth-order valence-electron chi connectivity index (χ4n) is 3.10. The van der Waals surface area contributed by atoms with Crippen LogP contribution >= 0.6 is 11.6 Å². The summed E-state index contributed by atoms with van der Waals surface area (Å²) in [5, 5.41) is 3.13. The number of carbonyl (C=O) groups excluding carboxylic acids is 1. The molecular weight excluding hydrogens is 452 g/mol. The standard InChI is InChI=1S/C23H23ClN2O5S/c1-16-6-4-5-7-21(16)26(32(28,29)19-11-8-17(24)9-12-19)15-23(27)25-20-13-10-18(30-2)14-22(20)31-3/h4-14H,15H2,1-3H3,(H,25,27). The molecule has 32 heavy (non-hydrogen) atoms. The lowest BCUT2D eigenvalue weighted by molar-refractivity contribution is -0.114. The highest BCUT2D eigenvalue weighted by atomic mass is 35.5. The predicted octanol–water partition coefficient (Wildman–Crippen LogP) is 4.50. The summed E-state index contributed by atoms with van der Waals surface area (Å²) in [6.45, 7) is 1.34. The van der Waals surface area contributed by atoms with E-state index in [2.05, 4.69) is 5.32 Å². The van der Waals surface area contributed by atoms with E-state index in [4.69, 9.17) is 21.1 Å². The largest absolute Gasteiger partial charge is 0.497 e. The number of para-hydroxylation sites is 1. The molecule has 0 aliphatic rings. The second-order valence-electron chi connectivity index (χ2n) is 6.87. The molecule has 0 radical (unpaired) electrons. The Kier molecular flexibility index (Phi) is 7.27. The Hall–Kier alpha value is -3.23. The van der Waals surface area contributed by atoms with Crippen LogP contribution in [0.5, 0.6) is 11.5 Å². The van der Waals surface area contributed by atoms with Gasteiger partial charge in [-0.15, -0.1) is 0 Å². The van der Waals surface area contributed by atoms with Crippen LogP contribution in [0, 0.1) is 6.92 Å². The number of amides is 1. The van der Waals surface area contributed by atoms with Crippen LogP contribution in [0.1, 0.15) is 5.56 Å². The molecule has 3 aromatic rings. The van der Waals surface area contributed by atoms with Crippen LogP contribution in [-0.4, -0.2) is 35.1 Å². The maximum atomic E-state index is 13.5. The highest BCUT2D eigenvalue weighted by molar-refractivity contribution is 7.92. The summed E-state index contributed by atoms with van der Waals surface area (Å²) in [5.74, 6) is 0.418. The molecule has 7 nitrogen and oxygen atoms in total. The van der Waals surface area contributed by atoms with Crippen molar-refractivity contribution in [2.24, 2.45) is 0 Å². The monoisotopic (exact) mass is 474 g/mol. The van der Waals surface area contributed by atoms with Crippen LogP contribution in [0.4, 0.5) is 11.4 Å². The minimum absolute atomic E-state index is 0.0278. The lowest BCUT2D eigenvalue weighted by Gasteiger charge is -2.25. The summed E-state index contributed by atoms with van der Waals surface area (Å²) in [4.78, 5) is 13.0. The van der Waals surface area contributed by atoms with Gasteiger partial charge in [-0.3, -0.25) is 9.10 Å². The summed E-state index contributed by atoms with van der Waals surface area (Å²) in [7, 11) is -1.05. The van der Waals surface area contributed by atoms with Crippen LogP contribution < -0.4 is 19.1 Å². The number of halogens is 1. The third-order valence-electron chi connectivity index (χ3n) is 4.76. The zero-order valence-electron chi connectivity index (χ0n) is 17.8. The molecule has 168 valence electrons. The van der Waals surface area contributed by atoms with Crippen molar-refractivity contribution < 1.29 is 22.7 Å². The molecule has 1 N–H and O–H groups in total. The molecule has 3 aromatic carbocycles. The lowest BCUT2D eigenvalue weighted by atomic mass is 10.2. The van der Waals surface area contributed by atoms with E-state index < -0.39 is 22.5 Å². The number of anilines is 2. The molecule has 0 aliphatic heterocycles. The average molecular weight is 475 g/mol. The number of methoxy groups -OCH3 is 2. The first-order valence-electron chi connectivity index (χ1n) is 9.62. The first kappa shape index (κ1) is 23.4. The van der Waals surface area contributed by atoms with Gasteiger partial charge in [0.2, 0.25) is 5.91 Å². The zero-order chi connectivity index (χ0) is 23.3. The van der Waals surface area contributed by atoms with Crippen LogP contribution in [0.25, 0.3) is 0 Å². The number of nitrogens with zero attached hydrogens (tertiary/aromatic N) is 1. The molecule has 0 aromatic heterocycles. The summed E-state index contributed by atoms with van der Waals surface area (Å²) < 4.78 is 38.5. The molecule has 0 spiro atoms. The minimum Gasteiger partial charge on any atom is -0.497 e. The number of aryl methyl sites for hydroxylation is 1. The van der Waals surface area contributed by atoms with Crippen molar-refractivity contribution in [1.29, 1.82) is 0 Å². The van der Waals surface area contributed by atoms with Gasteiger partial charge in [-0.1, -0.05) is 29.8 Å². The first-order chi connectivity index (χ1) is 15.3. The normalized spacial score (nSPS) is 11.0. The van der Waals surface area contributed by atoms with E-state index in [1.54, 1.807) is 49.4 Å². The summed E-state index contributed by atoms with van der Waals surface area (Å²) >= 11 is 5.91. The Bertz CT molecular complexity index is 1210. The molecule has 0 bridgehead atoms. The Labute approximate surface area is 192 Å². The van der Waals surface area contributed by atoms with E-state index in [9.17, 15) is 13.2 Å². The molecule has 3 rings (SSSR count). The van der Waals surface area contributed by atoms with Gasteiger partial charge in [-0.2, -0.15) is 0 Å². The quantitative estimate of drug-likeness (QED) is 0.519. The maximum Gasteiger partial charge on any atom is 0.264 e. The number of hydrogen-bond acceptors (Lipinski definition) is 5. The van der Waals surface area contributed by atoms with Crippen LogP contribution in [0.15, 0.2) is 71.6 Å². The maximum absolute atomic E-state index is 13.5. The summed E-state index contributed by atoms with van der Waals surface area (Å²) in [5.41, 5.74) is 1.51. The molecule has 0 saturated carbocycles. The number of hydrogen-bond donors (Lipinski definition) is 1. The van der Waals surface area contributed by atoms with Crippen molar-refractivity contribution in [3.8, 4) is 11.5 Å². The number of rotatable bonds is 8. The van der Waals surface area contributed by atoms with Gasteiger partial charge in [0.25, 0.3) is 10.0 Å². The Morgan fingerprint density at radius 3 is 2.31 bits per heavy atom. The predicted molar refractivity (Wildman–Crippen MR) is 125 cm³/mol. The van der Waals surface area contributed by atoms with Gasteiger partial charge in [0, 0.05) is 11.1 Å². The Morgan fingerprint density at radius 1 is 1.00 bits per heavy atom. The van der Waals surface area contributed by atoms with E-state index in [1.165, 1.54) is 38.5 Å². The number of carbonyl (C=O) groups is 1. The number of benzene rings is 3. The molecule has 0 saturated heterocycles. The summed E-state index contributed by atoms with van der Waals surface area (Å²) in [6, 6.07) is 17.7. The van der Waals surface area contributed by atoms with Crippen molar-refractivity contribution in [3.63, 3.8) is 0 Å². The molecule has 1 amide bonds.